The van der Waals surface area contributed by atoms with E-state index in [0.29, 0.717) is 11.3 Å². The third-order valence-corrected chi connectivity index (χ3v) is 2.87. The second-order valence-electron chi connectivity index (χ2n) is 4.58. The normalized spacial score (nSPS) is 13.3. The van der Waals surface area contributed by atoms with Gasteiger partial charge in [0.1, 0.15) is 5.76 Å². The summed E-state index contributed by atoms with van der Waals surface area (Å²) < 4.78 is 5.46. The van der Waals surface area contributed by atoms with Crippen LogP contribution in [0.15, 0.2) is 16.5 Å². The summed E-state index contributed by atoms with van der Waals surface area (Å²) in [5.41, 5.74) is 0. The Labute approximate surface area is 103 Å². The predicted molar refractivity (Wildman–Crippen MR) is 68.8 cm³/mol. The van der Waals surface area contributed by atoms with Gasteiger partial charge in [0.25, 0.3) is 0 Å². The molecule has 2 nitrogen and oxygen atoms in total. The van der Waals surface area contributed by atoms with E-state index in [-0.39, 0.29) is 0 Å². The van der Waals surface area contributed by atoms with Gasteiger partial charge in [-0.25, -0.2) is 0 Å². The van der Waals surface area contributed by atoms with E-state index in [1.54, 1.807) is 0 Å². The SMILES string of the molecule is CCNC(CCCC(C)C)c1ccc(Cl)o1. The molecule has 16 heavy (non-hydrogen) atoms. The van der Waals surface area contributed by atoms with Gasteiger partial charge in [-0.1, -0.05) is 33.6 Å². The predicted octanol–water partition coefficient (Wildman–Crippen LogP) is 4.41. The number of furan rings is 1. The van der Waals surface area contributed by atoms with Crippen molar-refractivity contribution in [2.45, 2.75) is 46.1 Å². The highest BCUT2D eigenvalue weighted by atomic mass is 35.5. The molecule has 0 saturated carbocycles. The maximum Gasteiger partial charge on any atom is 0.193 e. The Hall–Kier alpha value is -0.470. The van der Waals surface area contributed by atoms with Crippen LogP contribution in [-0.2, 0) is 0 Å². The first-order chi connectivity index (χ1) is 7.63. The molecule has 0 spiro atoms. The first kappa shape index (κ1) is 13.6. The molecular formula is C13H22ClNO. The minimum absolute atomic E-state index is 0.302. The summed E-state index contributed by atoms with van der Waals surface area (Å²) in [4.78, 5) is 0. The Morgan fingerprint density at radius 2 is 2.06 bits per heavy atom. The second kappa shape index (κ2) is 6.97. The molecule has 1 unspecified atom stereocenters. The van der Waals surface area contributed by atoms with E-state index < -0.39 is 0 Å². The van der Waals surface area contributed by atoms with Crippen LogP contribution in [0.25, 0.3) is 0 Å². The standard InChI is InChI=1S/C13H22ClNO/c1-4-15-11(7-5-6-10(2)3)12-8-9-13(14)16-12/h8-11,15H,4-7H2,1-3H3. The highest BCUT2D eigenvalue weighted by Gasteiger charge is 2.14. The summed E-state index contributed by atoms with van der Waals surface area (Å²) in [6.45, 7) is 7.57. The zero-order valence-corrected chi connectivity index (χ0v) is 11.2. The van der Waals surface area contributed by atoms with Crippen molar-refractivity contribution in [3.8, 4) is 0 Å². The van der Waals surface area contributed by atoms with Crippen molar-refractivity contribution in [2.75, 3.05) is 6.54 Å². The highest BCUT2D eigenvalue weighted by molar-refractivity contribution is 6.28. The van der Waals surface area contributed by atoms with E-state index in [0.717, 1.165) is 24.6 Å². The van der Waals surface area contributed by atoms with E-state index in [4.69, 9.17) is 16.0 Å². The number of hydrogen-bond donors (Lipinski definition) is 1. The van der Waals surface area contributed by atoms with Crippen LogP contribution in [0.5, 0.6) is 0 Å². The van der Waals surface area contributed by atoms with Crippen molar-refractivity contribution in [3.63, 3.8) is 0 Å². The molecule has 1 N–H and O–H groups in total. The van der Waals surface area contributed by atoms with Crippen LogP contribution < -0.4 is 5.32 Å². The summed E-state index contributed by atoms with van der Waals surface area (Å²) in [5.74, 6) is 1.72. The molecule has 92 valence electrons. The summed E-state index contributed by atoms with van der Waals surface area (Å²) >= 11 is 5.79. The lowest BCUT2D eigenvalue weighted by molar-refractivity contribution is 0.383. The number of hydrogen-bond acceptors (Lipinski definition) is 2. The van der Waals surface area contributed by atoms with Crippen molar-refractivity contribution in [1.29, 1.82) is 0 Å². The van der Waals surface area contributed by atoms with Gasteiger partial charge in [-0.3, -0.25) is 0 Å². The molecule has 1 rings (SSSR count). The molecule has 1 aromatic rings. The van der Waals surface area contributed by atoms with Gasteiger partial charge in [0.05, 0.1) is 6.04 Å². The Kier molecular flexibility index (Phi) is 5.93. The molecule has 1 heterocycles. The van der Waals surface area contributed by atoms with Gasteiger partial charge in [0, 0.05) is 0 Å². The maximum atomic E-state index is 5.79. The van der Waals surface area contributed by atoms with Gasteiger partial charge < -0.3 is 9.73 Å². The first-order valence-electron chi connectivity index (χ1n) is 6.12. The summed E-state index contributed by atoms with van der Waals surface area (Å²) in [6, 6.07) is 4.07. The van der Waals surface area contributed by atoms with Crippen LogP contribution in [0.3, 0.4) is 0 Å². The van der Waals surface area contributed by atoms with Crippen molar-refractivity contribution in [2.24, 2.45) is 5.92 Å². The lowest BCUT2D eigenvalue weighted by Gasteiger charge is -2.15. The van der Waals surface area contributed by atoms with Gasteiger partial charge >= 0.3 is 0 Å². The van der Waals surface area contributed by atoms with Crippen molar-refractivity contribution >= 4 is 11.6 Å². The summed E-state index contributed by atoms with van der Waals surface area (Å²) in [5, 5.41) is 3.91. The quantitative estimate of drug-likeness (QED) is 0.768. The molecule has 0 aromatic carbocycles. The van der Waals surface area contributed by atoms with E-state index in [1.807, 2.05) is 12.1 Å². The number of nitrogens with one attached hydrogen (secondary N) is 1. The summed E-state index contributed by atoms with van der Waals surface area (Å²) in [6.07, 6.45) is 3.58. The third kappa shape index (κ3) is 4.58. The van der Waals surface area contributed by atoms with Gasteiger partial charge in [-0.2, -0.15) is 0 Å². The molecule has 1 atom stereocenters. The maximum absolute atomic E-state index is 5.79. The Morgan fingerprint density at radius 3 is 2.56 bits per heavy atom. The minimum Gasteiger partial charge on any atom is -0.448 e. The van der Waals surface area contributed by atoms with Crippen LogP contribution in [-0.4, -0.2) is 6.54 Å². The van der Waals surface area contributed by atoms with Crippen LogP contribution in [0.4, 0.5) is 0 Å². The van der Waals surface area contributed by atoms with Crippen molar-refractivity contribution < 1.29 is 4.42 Å². The van der Waals surface area contributed by atoms with E-state index in [1.165, 1.54) is 12.8 Å². The van der Waals surface area contributed by atoms with Gasteiger partial charge in [0.2, 0.25) is 0 Å². The molecule has 0 radical (unpaired) electrons. The van der Waals surface area contributed by atoms with E-state index >= 15 is 0 Å². The smallest absolute Gasteiger partial charge is 0.193 e. The topological polar surface area (TPSA) is 25.2 Å². The molecule has 0 aliphatic carbocycles. The van der Waals surface area contributed by atoms with Gasteiger partial charge in [-0.15, -0.1) is 0 Å². The monoisotopic (exact) mass is 243 g/mol. The lowest BCUT2D eigenvalue weighted by Crippen LogP contribution is -2.20. The fraction of sp³-hybridized carbons (Fsp3) is 0.692. The highest BCUT2D eigenvalue weighted by Crippen LogP contribution is 2.24. The van der Waals surface area contributed by atoms with Crippen LogP contribution in [0.2, 0.25) is 5.22 Å². The minimum atomic E-state index is 0.302. The fourth-order valence-electron chi connectivity index (χ4n) is 1.84. The van der Waals surface area contributed by atoms with Crippen LogP contribution in [0, 0.1) is 5.92 Å². The third-order valence-electron chi connectivity index (χ3n) is 2.66. The Bertz CT molecular complexity index is 296. The van der Waals surface area contributed by atoms with E-state index in [2.05, 4.69) is 26.1 Å². The molecule has 0 aliphatic heterocycles. The number of rotatable bonds is 7. The Morgan fingerprint density at radius 1 is 1.31 bits per heavy atom. The molecule has 3 heteroatoms. The average molecular weight is 244 g/mol. The largest absolute Gasteiger partial charge is 0.448 e. The molecule has 0 aliphatic rings. The van der Waals surface area contributed by atoms with Crippen LogP contribution in [0.1, 0.15) is 51.8 Å². The zero-order valence-electron chi connectivity index (χ0n) is 10.4. The summed E-state index contributed by atoms with van der Waals surface area (Å²) in [7, 11) is 0. The average Bonchev–Trinajstić information content (AvgIpc) is 2.63. The Balaban J connectivity index is 2.47. The van der Waals surface area contributed by atoms with E-state index in [9.17, 15) is 0 Å². The molecule has 1 aromatic heterocycles. The zero-order chi connectivity index (χ0) is 12.0. The molecule has 0 bridgehead atoms. The van der Waals surface area contributed by atoms with Gasteiger partial charge in [-0.05, 0) is 42.6 Å². The molecular weight excluding hydrogens is 222 g/mol. The molecule has 0 fully saturated rings. The van der Waals surface area contributed by atoms with Crippen LogP contribution >= 0.6 is 11.6 Å². The molecule has 0 saturated heterocycles. The fourth-order valence-corrected chi connectivity index (χ4v) is 1.99. The van der Waals surface area contributed by atoms with Crippen molar-refractivity contribution in [1.82, 2.24) is 5.32 Å². The van der Waals surface area contributed by atoms with Gasteiger partial charge in [0.15, 0.2) is 5.22 Å². The second-order valence-corrected chi connectivity index (χ2v) is 4.95. The molecule has 0 amide bonds. The number of halogens is 1. The lowest BCUT2D eigenvalue weighted by atomic mass is 10.0. The van der Waals surface area contributed by atoms with Crippen molar-refractivity contribution in [3.05, 3.63) is 23.1 Å². The first-order valence-corrected chi connectivity index (χ1v) is 6.50.